The average molecular weight is 525 g/mol. The van der Waals surface area contributed by atoms with E-state index in [1.165, 1.54) is 12.6 Å². The number of carboxylic acid groups (broad SMARTS) is 1. The van der Waals surface area contributed by atoms with Crippen molar-refractivity contribution in [3.05, 3.63) is 72.2 Å². The Bertz CT molecular complexity index is 1670. The van der Waals surface area contributed by atoms with E-state index in [2.05, 4.69) is 24.8 Å². The minimum Gasteiger partial charge on any atom is -0.508 e. The third kappa shape index (κ3) is 4.81. The Labute approximate surface area is 223 Å². The van der Waals surface area contributed by atoms with Gasteiger partial charge in [0.1, 0.15) is 23.0 Å². The van der Waals surface area contributed by atoms with Crippen LogP contribution in [0.2, 0.25) is 0 Å². The Morgan fingerprint density at radius 1 is 1.10 bits per heavy atom. The highest BCUT2D eigenvalue weighted by atomic mass is 16.4. The van der Waals surface area contributed by atoms with Crippen molar-refractivity contribution in [2.24, 2.45) is 0 Å². The summed E-state index contributed by atoms with van der Waals surface area (Å²) in [6.45, 7) is 0. The van der Waals surface area contributed by atoms with E-state index in [0.717, 1.165) is 36.9 Å². The molecule has 4 aromatic heterocycles. The Morgan fingerprint density at radius 3 is 2.72 bits per heavy atom. The van der Waals surface area contributed by atoms with Crippen molar-refractivity contribution in [3.8, 4) is 17.3 Å². The van der Waals surface area contributed by atoms with E-state index < -0.39 is 17.9 Å². The number of aromatic amines is 1. The molecule has 5 aromatic rings. The first kappa shape index (κ1) is 24.6. The number of phenolic OH excluding ortho intramolecular Hbond substituents is 1. The number of rotatable bonds is 7. The number of carbonyl (C=O) groups excluding carboxylic acids is 1. The molecule has 0 spiro atoms. The summed E-state index contributed by atoms with van der Waals surface area (Å²) in [5.41, 5.74) is 3.66. The predicted octanol–water partition coefficient (Wildman–Crippen LogP) is 4.61. The minimum absolute atomic E-state index is 0.0420. The lowest BCUT2D eigenvalue weighted by Gasteiger charge is -2.25. The number of hydrogen-bond acceptors (Lipinski definition) is 6. The van der Waals surface area contributed by atoms with E-state index in [0.29, 0.717) is 27.9 Å². The van der Waals surface area contributed by atoms with E-state index >= 15 is 0 Å². The molecule has 39 heavy (non-hydrogen) atoms. The van der Waals surface area contributed by atoms with Gasteiger partial charge in [0.15, 0.2) is 11.5 Å². The lowest BCUT2D eigenvalue weighted by Crippen LogP contribution is -2.42. The second-order valence-electron chi connectivity index (χ2n) is 9.99. The Hall–Kier alpha value is -4.73. The molecule has 4 N–H and O–H groups in total. The summed E-state index contributed by atoms with van der Waals surface area (Å²) < 4.78 is 2.14. The first-order chi connectivity index (χ1) is 19.0. The number of aromatic hydroxyl groups is 1. The highest BCUT2D eigenvalue weighted by Gasteiger charge is 2.26. The summed E-state index contributed by atoms with van der Waals surface area (Å²) in [7, 11) is 0. The molecule has 1 aromatic carbocycles. The van der Waals surface area contributed by atoms with Crippen molar-refractivity contribution in [3.63, 3.8) is 0 Å². The number of nitrogens with one attached hydrogen (secondary N) is 2. The second kappa shape index (κ2) is 10.2. The Kier molecular flexibility index (Phi) is 6.44. The summed E-state index contributed by atoms with van der Waals surface area (Å²) in [5.74, 6) is -0.915. The summed E-state index contributed by atoms with van der Waals surface area (Å²) in [5, 5.41) is 23.1. The van der Waals surface area contributed by atoms with Gasteiger partial charge in [0.25, 0.3) is 5.91 Å². The zero-order valence-corrected chi connectivity index (χ0v) is 21.2. The van der Waals surface area contributed by atoms with Gasteiger partial charge in [0.2, 0.25) is 0 Å². The van der Waals surface area contributed by atoms with Crippen molar-refractivity contribution >= 4 is 33.9 Å². The standard InChI is InChI=1S/C29H28N6O4/c36-20-9-10-22-21(14-20)17(15-31-22)12-25(29(38)39)34-28(37)18-13-24-26(32-16-18)35(19-6-2-1-3-7-19)27(33-24)23-8-4-5-11-30-23/h4-5,8-11,13-16,19,25,31,36H,1-3,6-7,12H2,(H,34,37)(H,38,39)/t25-/m0/s1. The Morgan fingerprint density at radius 2 is 1.95 bits per heavy atom. The largest absolute Gasteiger partial charge is 0.508 e. The molecule has 198 valence electrons. The van der Waals surface area contributed by atoms with Gasteiger partial charge in [-0.1, -0.05) is 25.3 Å². The van der Waals surface area contributed by atoms with Crippen LogP contribution in [0.15, 0.2) is 61.1 Å². The highest BCUT2D eigenvalue weighted by Crippen LogP contribution is 2.35. The summed E-state index contributed by atoms with van der Waals surface area (Å²) in [6.07, 6.45) is 10.5. The molecule has 1 amide bonds. The van der Waals surface area contributed by atoms with Crippen LogP contribution in [0.1, 0.15) is 54.1 Å². The molecule has 6 rings (SSSR count). The van der Waals surface area contributed by atoms with Crippen LogP contribution in [0, 0.1) is 0 Å². The fraction of sp³-hybridized carbons (Fsp3) is 0.276. The SMILES string of the molecule is O=C(N[C@@H](Cc1c[nH]c2ccc(O)cc12)C(=O)O)c1cnc2c(c1)nc(-c1ccccn1)n2C1CCCCC1. The molecular formula is C29H28N6O4. The van der Waals surface area contributed by atoms with Crippen LogP contribution in [0.4, 0.5) is 0 Å². The van der Waals surface area contributed by atoms with Gasteiger partial charge >= 0.3 is 5.97 Å². The zero-order valence-electron chi connectivity index (χ0n) is 21.2. The monoisotopic (exact) mass is 524 g/mol. The van der Waals surface area contributed by atoms with Crippen molar-refractivity contribution in [2.75, 3.05) is 0 Å². The highest BCUT2D eigenvalue weighted by molar-refractivity contribution is 5.99. The molecule has 0 aliphatic heterocycles. The maximum Gasteiger partial charge on any atom is 0.326 e. The normalized spacial score (nSPS) is 15.0. The van der Waals surface area contributed by atoms with Crippen LogP contribution in [-0.4, -0.2) is 52.6 Å². The smallest absolute Gasteiger partial charge is 0.326 e. The number of pyridine rings is 2. The number of H-pyrrole nitrogens is 1. The van der Waals surface area contributed by atoms with Crippen LogP contribution < -0.4 is 5.32 Å². The van der Waals surface area contributed by atoms with Gasteiger partial charge in [-0.3, -0.25) is 9.78 Å². The zero-order chi connectivity index (χ0) is 26.9. The first-order valence-electron chi connectivity index (χ1n) is 13.1. The fourth-order valence-electron chi connectivity index (χ4n) is 5.46. The van der Waals surface area contributed by atoms with E-state index in [4.69, 9.17) is 4.98 Å². The molecule has 1 aliphatic carbocycles. The van der Waals surface area contributed by atoms with E-state index in [-0.39, 0.29) is 23.8 Å². The Balaban J connectivity index is 1.30. The minimum atomic E-state index is -1.18. The van der Waals surface area contributed by atoms with E-state index in [1.807, 2.05) is 18.2 Å². The van der Waals surface area contributed by atoms with Gasteiger partial charge in [-0.05, 0) is 54.8 Å². The number of nitrogens with zero attached hydrogens (tertiary/aromatic N) is 4. The molecule has 1 saturated carbocycles. The van der Waals surface area contributed by atoms with Crippen LogP contribution in [0.5, 0.6) is 5.75 Å². The molecule has 1 aliphatic rings. The first-order valence-corrected chi connectivity index (χ1v) is 13.1. The number of amides is 1. The molecule has 0 radical (unpaired) electrons. The quantitative estimate of drug-likeness (QED) is 0.243. The molecule has 10 nitrogen and oxygen atoms in total. The van der Waals surface area contributed by atoms with Crippen molar-refractivity contribution in [1.82, 2.24) is 29.8 Å². The van der Waals surface area contributed by atoms with Gasteiger partial charge < -0.3 is 25.1 Å². The maximum absolute atomic E-state index is 13.2. The van der Waals surface area contributed by atoms with Crippen LogP contribution >= 0.6 is 0 Å². The van der Waals surface area contributed by atoms with Crippen molar-refractivity contribution in [1.29, 1.82) is 0 Å². The van der Waals surface area contributed by atoms with Crippen LogP contribution in [-0.2, 0) is 11.2 Å². The molecule has 0 unspecified atom stereocenters. The van der Waals surface area contributed by atoms with Crippen LogP contribution in [0.3, 0.4) is 0 Å². The van der Waals surface area contributed by atoms with Gasteiger partial charge in [-0.15, -0.1) is 0 Å². The molecule has 0 saturated heterocycles. The van der Waals surface area contributed by atoms with Gasteiger partial charge in [0.05, 0.1) is 5.56 Å². The number of imidazole rings is 1. The molecule has 1 atom stereocenters. The van der Waals surface area contributed by atoms with Crippen LogP contribution in [0.25, 0.3) is 33.6 Å². The topological polar surface area (TPSA) is 146 Å². The van der Waals surface area contributed by atoms with Crippen molar-refractivity contribution < 1.29 is 19.8 Å². The average Bonchev–Trinajstić information content (AvgIpc) is 3.54. The molecule has 1 fully saturated rings. The summed E-state index contributed by atoms with van der Waals surface area (Å²) in [6, 6.07) is 11.3. The predicted molar refractivity (Wildman–Crippen MR) is 145 cm³/mol. The number of fused-ring (bicyclic) bond motifs is 2. The third-order valence-electron chi connectivity index (χ3n) is 7.40. The van der Waals surface area contributed by atoms with Gasteiger partial charge in [-0.2, -0.15) is 0 Å². The number of benzene rings is 1. The number of aromatic nitrogens is 5. The summed E-state index contributed by atoms with van der Waals surface area (Å²) >= 11 is 0. The van der Waals surface area contributed by atoms with Crippen molar-refractivity contribution in [2.45, 2.75) is 50.6 Å². The van der Waals surface area contributed by atoms with Gasteiger partial charge in [-0.25, -0.2) is 14.8 Å². The number of aliphatic carboxylic acids is 1. The molecule has 10 heteroatoms. The van der Waals surface area contributed by atoms with Gasteiger partial charge in [0, 0.05) is 42.0 Å². The molecular weight excluding hydrogens is 496 g/mol. The molecule has 4 heterocycles. The molecule has 0 bridgehead atoms. The maximum atomic E-state index is 13.2. The second-order valence-corrected chi connectivity index (χ2v) is 9.99. The number of carbonyl (C=O) groups is 2. The number of phenols is 1. The van der Waals surface area contributed by atoms with E-state index in [9.17, 15) is 19.8 Å². The third-order valence-corrected chi connectivity index (χ3v) is 7.40. The summed E-state index contributed by atoms with van der Waals surface area (Å²) in [4.78, 5) is 42.3. The lowest BCUT2D eigenvalue weighted by molar-refractivity contribution is -0.139. The lowest BCUT2D eigenvalue weighted by atomic mass is 9.95. The number of hydrogen-bond donors (Lipinski definition) is 4. The number of carboxylic acids is 1. The fourth-order valence-corrected chi connectivity index (χ4v) is 5.46. The van der Waals surface area contributed by atoms with E-state index in [1.54, 1.807) is 36.7 Å².